The molecule has 0 heteroatoms. The Hall–Kier alpha value is 0. The van der Waals surface area contributed by atoms with Crippen molar-refractivity contribution >= 4 is 0 Å². The number of hydrogen-bond acceptors (Lipinski definition) is 0. The highest BCUT2D eigenvalue weighted by molar-refractivity contribution is 4.89. The van der Waals surface area contributed by atoms with Gasteiger partial charge in [-0.25, -0.2) is 0 Å². The highest BCUT2D eigenvalue weighted by Crippen LogP contribution is 2.37. The van der Waals surface area contributed by atoms with E-state index >= 15 is 0 Å². The van der Waals surface area contributed by atoms with Gasteiger partial charge in [0, 0.05) is 0 Å². The second-order valence-electron chi connectivity index (χ2n) is 4.39. The summed E-state index contributed by atoms with van der Waals surface area (Å²) in [6.45, 7) is 0. The van der Waals surface area contributed by atoms with Crippen LogP contribution in [0.3, 0.4) is 0 Å². The topological polar surface area (TPSA) is 0 Å². The Balaban J connectivity index is 1.80. The van der Waals surface area contributed by atoms with E-state index in [1.54, 1.807) is 0 Å². The Morgan fingerprint density at radius 1 is 0.833 bits per heavy atom. The van der Waals surface area contributed by atoms with E-state index in [-0.39, 0.29) is 0 Å². The minimum atomic E-state index is 0.993. The first-order chi connectivity index (χ1) is 5.97. The Bertz CT molecular complexity index is 100. The normalized spacial score (nSPS) is 29.0. The lowest BCUT2D eigenvalue weighted by atomic mass is 9.73. The molecule has 0 aromatic rings. The second kappa shape index (κ2) is 4.30. The quantitative estimate of drug-likeness (QED) is 0.553. The lowest BCUT2D eigenvalue weighted by molar-refractivity contribution is 0.259. The molecule has 2 fully saturated rings. The minimum absolute atomic E-state index is 0.993. The standard InChI is InChI=1S/C12H20/c1-3-7-11(8-4-1)12-9-5-2-6-10-12/h1,9,11-12H,2-8,10H2. The first-order valence-corrected chi connectivity index (χ1v) is 5.62. The van der Waals surface area contributed by atoms with Gasteiger partial charge in [0.25, 0.3) is 0 Å². The van der Waals surface area contributed by atoms with Gasteiger partial charge >= 0.3 is 0 Å². The van der Waals surface area contributed by atoms with Crippen molar-refractivity contribution < 1.29 is 0 Å². The van der Waals surface area contributed by atoms with Crippen LogP contribution in [0.2, 0.25) is 0 Å². The van der Waals surface area contributed by atoms with Crippen LogP contribution in [0.5, 0.6) is 0 Å². The Labute approximate surface area is 76.7 Å². The third-order valence-electron chi connectivity index (χ3n) is 3.55. The maximum atomic E-state index is 2.61. The zero-order chi connectivity index (χ0) is 8.23. The summed E-state index contributed by atoms with van der Waals surface area (Å²) in [5, 5.41) is 0. The summed E-state index contributed by atoms with van der Waals surface area (Å²) < 4.78 is 0. The molecule has 68 valence electrons. The van der Waals surface area contributed by atoms with Crippen LogP contribution in [-0.2, 0) is 0 Å². The minimum Gasteiger partial charge on any atom is -0.0530 e. The van der Waals surface area contributed by atoms with Crippen LogP contribution in [0.4, 0.5) is 0 Å². The second-order valence-corrected chi connectivity index (χ2v) is 4.39. The van der Waals surface area contributed by atoms with Gasteiger partial charge in [0.1, 0.15) is 0 Å². The maximum absolute atomic E-state index is 2.61. The number of rotatable bonds is 1. The first-order valence-electron chi connectivity index (χ1n) is 5.62. The van der Waals surface area contributed by atoms with Gasteiger partial charge in [0.15, 0.2) is 0 Å². The van der Waals surface area contributed by atoms with Gasteiger partial charge in [-0.3, -0.25) is 0 Å². The highest BCUT2D eigenvalue weighted by Gasteiger charge is 2.24. The van der Waals surface area contributed by atoms with Crippen molar-refractivity contribution in [2.45, 2.75) is 51.4 Å². The predicted octanol–water partition coefficient (Wildman–Crippen LogP) is 3.78. The summed E-state index contributed by atoms with van der Waals surface area (Å²) in [5.74, 6) is 2.04. The summed E-state index contributed by atoms with van der Waals surface area (Å²) in [6.07, 6.45) is 16.6. The van der Waals surface area contributed by atoms with E-state index < -0.39 is 0 Å². The van der Waals surface area contributed by atoms with E-state index in [0.717, 1.165) is 11.8 Å². The van der Waals surface area contributed by atoms with Gasteiger partial charge in [-0.1, -0.05) is 12.8 Å². The van der Waals surface area contributed by atoms with E-state index in [1.807, 2.05) is 0 Å². The molecule has 0 aromatic carbocycles. The molecule has 2 saturated carbocycles. The molecule has 2 rings (SSSR count). The summed E-state index contributed by atoms with van der Waals surface area (Å²) in [7, 11) is 0. The van der Waals surface area contributed by atoms with Crippen LogP contribution < -0.4 is 0 Å². The van der Waals surface area contributed by atoms with Crippen molar-refractivity contribution in [3.63, 3.8) is 0 Å². The molecule has 0 bridgehead atoms. The van der Waals surface area contributed by atoms with E-state index in [0.29, 0.717) is 0 Å². The average Bonchev–Trinajstić information content (AvgIpc) is 2.21. The molecule has 1 atom stereocenters. The molecule has 2 aliphatic carbocycles. The molecule has 2 radical (unpaired) electrons. The van der Waals surface area contributed by atoms with Crippen LogP contribution >= 0.6 is 0 Å². The predicted molar refractivity (Wildman–Crippen MR) is 52.5 cm³/mol. The molecule has 0 nitrogen and oxygen atoms in total. The lowest BCUT2D eigenvalue weighted by Crippen LogP contribution is -2.20. The zero-order valence-electron chi connectivity index (χ0n) is 7.97. The molecule has 0 N–H and O–H groups in total. The monoisotopic (exact) mass is 164 g/mol. The molecule has 12 heavy (non-hydrogen) atoms. The summed E-state index contributed by atoms with van der Waals surface area (Å²) >= 11 is 0. The number of hydrogen-bond donors (Lipinski definition) is 0. The molecule has 0 aromatic heterocycles. The van der Waals surface area contributed by atoms with Gasteiger partial charge in [-0.2, -0.15) is 0 Å². The van der Waals surface area contributed by atoms with Crippen molar-refractivity contribution in [1.82, 2.24) is 0 Å². The molecular weight excluding hydrogens is 144 g/mol. The van der Waals surface area contributed by atoms with Crippen molar-refractivity contribution in [1.29, 1.82) is 0 Å². The van der Waals surface area contributed by atoms with Crippen molar-refractivity contribution in [2.75, 3.05) is 0 Å². The third-order valence-corrected chi connectivity index (χ3v) is 3.55. The van der Waals surface area contributed by atoms with Crippen LogP contribution in [0.15, 0.2) is 0 Å². The van der Waals surface area contributed by atoms with Crippen LogP contribution in [0.25, 0.3) is 0 Å². The van der Waals surface area contributed by atoms with E-state index in [2.05, 4.69) is 12.8 Å². The van der Waals surface area contributed by atoms with Crippen LogP contribution in [-0.4, -0.2) is 0 Å². The van der Waals surface area contributed by atoms with Gasteiger partial charge in [-0.15, -0.1) is 0 Å². The Kier molecular flexibility index (Phi) is 3.08. The van der Waals surface area contributed by atoms with Gasteiger partial charge in [-0.05, 0) is 63.2 Å². The smallest absolute Gasteiger partial charge is 0.0352 e. The fourth-order valence-electron chi connectivity index (χ4n) is 2.78. The van der Waals surface area contributed by atoms with E-state index in [9.17, 15) is 0 Å². The fraction of sp³-hybridized carbons (Fsp3) is 0.833. The highest BCUT2D eigenvalue weighted by atomic mass is 14.3. The molecular formula is C12H20. The zero-order valence-corrected chi connectivity index (χ0v) is 7.97. The molecule has 0 saturated heterocycles. The van der Waals surface area contributed by atoms with E-state index in [4.69, 9.17) is 0 Å². The summed E-state index contributed by atoms with van der Waals surface area (Å²) in [6, 6.07) is 0. The van der Waals surface area contributed by atoms with Gasteiger partial charge in [0.05, 0.1) is 0 Å². The average molecular weight is 164 g/mol. The molecule has 0 amide bonds. The largest absolute Gasteiger partial charge is 0.0530 e. The van der Waals surface area contributed by atoms with Crippen molar-refractivity contribution in [3.05, 3.63) is 12.8 Å². The SMILES string of the molecule is [CH]1CCC(C2[CH]CCCC2)CC1. The van der Waals surface area contributed by atoms with E-state index in [1.165, 1.54) is 51.4 Å². The molecule has 0 heterocycles. The first kappa shape index (κ1) is 8.59. The van der Waals surface area contributed by atoms with Gasteiger partial charge < -0.3 is 0 Å². The summed E-state index contributed by atoms with van der Waals surface area (Å²) in [5.41, 5.74) is 0. The molecule has 0 spiro atoms. The fourth-order valence-corrected chi connectivity index (χ4v) is 2.78. The Morgan fingerprint density at radius 3 is 2.33 bits per heavy atom. The third kappa shape index (κ3) is 2.02. The molecule has 2 aliphatic rings. The molecule has 1 unspecified atom stereocenters. The molecule has 0 aliphatic heterocycles. The maximum Gasteiger partial charge on any atom is -0.0352 e. The van der Waals surface area contributed by atoms with Gasteiger partial charge in [0.2, 0.25) is 0 Å². The summed E-state index contributed by atoms with van der Waals surface area (Å²) in [4.78, 5) is 0. The van der Waals surface area contributed by atoms with Crippen LogP contribution in [0, 0.1) is 24.7 Å². The lowest BCUT2D eigenvalue weighted by Gasteiger charge is -2.32. The Morgan fingerprint density at radius 2 is 1.67 bits per heavy atom. The van der Waals surface area contributed by atoms with Crippen molar-refractivity contribution in [2.24, 2.45) is 11.8 Å². The van der Waals surface area contributed by atoms with Crippen LogP contribution in [0.1, 0.15) is 51.4 Å². The van der Waals surface area contributed by atoms with Crippen molar-refractivity contribution in [3.8, 4) is 0 Å².